The molecular formula is C13H14N2O. The van der Waals surface area contributed by atoms with Crippen LogP contribution in [0.4, 0.5) is 0 Å². The Morgan fingerprint density at radius 3 is 3.12 bits per heavy atom. The summed E-state index contributed by atoms with van der Waals surface area (Å²) >= 11 is 0. The van der Waals surface area contributed by atoms with Gasteiger partial charge in [-0.25, -0.2) is 0 Å². The highest BCUT2D eigenvalue weighted by Crippen LogP contribution is 2.28. The Morgan fingerprint density at radius 1 is 1.38 bits per heavy atom. The first-order valence-electron chi connectivity index (χ1n) is 5.57. The van der Waals surface area contributed by atoms with Gasteiger partial charge in [-0.15, -0.1) is 0 Å². The maximum absolute atomic E-state index is 5.46. The number of aromatic nitrogens is 1. The van der Waals surface area contributed by atoms with Crippen LogP contribution in [0.15, 0.2) is 35.1 Å². The Morgan fingerprint density at radius 2 is 2.31 bits per heavy atom. The van der Waals surface area contributed by atoms with Gasteiger partial charge in [0.25, 0.3) is 0 Å². The van der Waals surface area contributed by atoms with E-state index in [0.29, 0.717) is 0 Å². The molecule has 2 aromatic rings. The van der Waals surface area contributed by atoms with E-state index in [0.717, 1.165) is 24.4 Å². The van der Waals surface area contributed by atoms with Gasteiger partial charge in [0.2, 0.25) is 0 Å². The van der Waals surface area contributed by atoms with Crippen molar-refractivity contribution in [1.29, 1.82) is 0 Å². The van der Waals surface area contributed by atoms with Gasteiger partial charge in [-0.3, -0.25) is 4.98 Å². The van der Waals surface area contributed by atoms with Crippen molar-refractivity contribution in [2.45, 2.75) is 19.4 Å². The van der Waals surface area contributed by atoms with Crippen LogP contribution >= 0.6 is 0 Å². The van der Waals surface area contributed by atoms with Gasteiger partial charge in [-0.2, -0.15) is 0 Å². The fraction of sp³-hybridized carbons (Fsp3) is 0.308. The van der Waals surface area contributed by atoms with Gasteiger partial charge in [0.15, 0.2) is 0 Å². The normalized spacial score (nSPS) is 19.4. The summed E-state index contributed by atoms with van der Waals surface area (Å²) in [6, 6.07) is 6.39. The average Bonchev–Trinajstić information content (AvgIpc) is 2.78. The van der Waals surface area contributed by atoms with Crippen molar-refractivity contribution >= 4 is 0 Å². The Bertz CT molecular complexity index is 487. The van der Waals surface area contributed by atoms with E-state index in [1.807, 2.05) is 19.2 Å². The Labute approximate surface area is 94.5 Å². The molecule has 0 saturated heterocycles. The fourth-order valence-corrected chi connectivity index (χ4v) is 2.16. The fourth-order valence-electron chi connectivity index (χ4n) is 2.16. The van der Waals surface area contributed by atoms with Crippen LogP contribution in [0.25, 0.3) is 0 Å². The largest absolute Gasteiger partial charge is 0.469 e. The summed E-state index contributed by atoms with van der Waals surface area (Å²) in [6.45, 7) is 3.00. The zero-order chi connectivity index (χ0) is 11.0. The molecule has 2 aromatic heterocycles. The summed E-state index contributed by atoms with van der Waals surface area (Å²) in [6.07, 6.45) is 4.63. The zero-order valence-corrected chi connectivity index (χ0v) is 9.23. The molecule has 0 aromatic carbocycles. The topological polar surface area (TPSA) is 38.1 Å². The quantitative estimate of drug-likeness (QED) is 0.791. The molecule has 0 spiro atoms. The van der Waals surface area contributed by atoms with Crippen molar-refractivity contribution in [2.24, 2.45) is 0 Å². The predicted octanol–water partition coefficient (Wildman–Crippen LogP) is 2.22. The lowest BCUT2D eigenvalue weighted by atomic mass is 9.98. The lowest BCUT2D eigenvalue weighted by Crippen LogP contribution is -2.30. The van der Waals surface area contributed by atoms with Crippen LogP contribution in [0, 0.1) is 6.92 Å². The van der Waals surface area contributed by atoms with Crippen molar-refractivity contribution in [1.82, 2.24) is 10.3 Å². The minimum atomic E-state index is 0.183. The average molecular weight is 214 g/mol. The zero-order valence-electron chi connectivity index (χ0n) is 9.23. The summed E-state index contributed by atoms with van der Waals surface area (Å²) in [4.78, 5) is 4.48. The number of nitrogens with zero attached hydrogens (tertiary/aromatic N) is 1. The van der Waals surface area contributed by atoms with Crippen LogP contribution in [0.2, 0.25) is 0 Å². The number of fused-ring (bicyclic) bond motifs is 1. The highest BCUT2D eigenvalue weighted by atomic mass is 16.3. The van der Waals surface area contributed by atoms with E-state index in [9.17, 15) is 0 Å². The molecule has 3 rings (SSSR count). The number of hydrogen-bond donors (Lipinski definition) is 1. The van der Waals surface area contributed by atoms with Gasteiger partial charge in [-0.05, 0) is 24.6 Å². The Balaban J connectivity index is 2.00. The van der Waals surface area contributed by atoms with Crippen LogP contribution < -0.4 is 5.32 Å². The molecule has 0 bridgehead atoms. The maximum Gasteiger partial charge on any atom is 0.110 e. The number of pyridine rings is 1. The maximum atomic E-state index is 5.46. The monoisotopic (exact) mass is 214 g/mol. The SMILES string of the molecule is Cc1ccc(C2NCCc3occc32)nc1. The molecule has 82 valence electrons. The van der Waals surface area contributed by atoms with Gasteiger partial charge < -0.3 is 9.73 Å². The van der Waals surface area contributed by atoms with Crippen molar-refractivity contribution < 1.29 is 4.42 Å². The summed E-state index contributed by atoms with van der Waals surface area (Å²) in [5, 5.41) is 3.47. The molecule has 1 aliphatic heterocycles. The molecule has 1 aliphatic rings. The molecule has 0 aliphatic carbocycles. The van der Waals surface area contributed by atoms with Crippen molar-refractivity contribution in [3.8, 4) is 0 Å². The van der Waals surface area contributed by atoms with E-state index in [4.69, 9.17) is 4.42 Å². The van der Waals surface area contributed by atoms with Gasteiger partial charge in [0, 0.05) is 24.7 Å². The van der Waals surface area contributed by atoms with E-state index >= 15 is 0 Å². The number of aryl methyl sites for hydroxylation is 1. The van der Waals surface area contributed by atoms with Gasteiger partial charge in [-0.1, -0.05) is 6.07 Å². The molecule has 0 fully saturated rings. The highest BCUT2D eigenvalue weighted by Gasteiger charge is 2.24. The van der Waals surface area contributed by atoms with Crippen molar-refractivity contribution in [3.63, 3.8) is 0 Å². The molecule has 3 heterocycles. The first-order chi connectivity index (χ1) is 7.84. The molecule has 16 heavy (non-hydrogen) atoms. The minimum Gasteiger partial charge on any atom is -0.469 e. The second kappa shape index (κ2) is 3.76. The van der Waals surface area contributed by atoms with Crippen LogP contribution in [-0.2, 0) is 6.42 Å². The number of hydrogen-bond acceptors (Lipinski definition) is 3. The van der Waals surface area contributed by atoms with E-state index in [1.165, 1.54) is 11.1 Å². The molecule has 1 unspecified atom stereocenters. The van der Waals surface area contributed by atoms with Gasteiger partial charge in [0.1, 0.15) is 5.76 Å². The second-order valence-electron chi connectivity index (χ2n) is 4.20. The Hall–Kier alpha value is -1.61. The van der Waals surface area contributed by atoms with Crippen LogP contribution in [-0.4, -0.2) is 11.5 Å². The van der Waals surface area contributed by atoms with Crippen LogP contribution in [0.5, 0.6) is 0 Å². The molecular weight excluding hydrogens is 200 g/mol. The van der Waals surface area contributed by atoms with E-state index < -0.39 is 0 Å². The Kier molecular flexibility index (Phi) is 2.26. The van der Waals surface area contributed by atoms with Crippen LogP contribution in [0.3, 0.4) is 0 Å². The molecule has 1 atom stereocenters. The van der Waals surface area contributed by atoms with Gasteiger partial charge in [0.05, 0.1) is 18.0 Å². The summed E-state index contributed by atoms with van der Waals surface area (Å²) in [5.74, 6) is 1.09. The number of nitrogens with one attached hydrogen (secondary N) is 1. The summed E-state index contributed by atoms with van der Waals surface area (Å²) < 4.78 is 5.46. The molecule has 0 saturated carbocycles. The molecule has 0 radical (unpaired) electrons. The third-order valence-electron chi connectivity index (χ3n) is 3.02. The summed E-state index contributed by atoms with van der Waals surface area (Å²) in [5.41, 5.74) is 3.47. The number of rotatable bonds is 1. The molecule has 1 N–H and O–H groups in total. The second-order valence-corrected chi connectivity index (χ2v) is 4.20. The van der Waals surface area contributed by atoms with Crippen molar-refractivity contribution in [2.75, 3.05) is 6.54 Å². The third-order valence-corrected chi connectivity index (χ3v) is 3.02. The number of furan rings is 1. The van der Waals surface area contributed by atoms with E-state index in [1.54, 1.807) is 6.26 Å². The van der Waals surface area contributed by atoms with Crippen molar-refractivity contribution in [3.05, 3.63) is 53.2 Å². The van der Waals surface area contributed by atoms with E-state index in [2.05, 4.69) is 22.4 Å². The first-order valence-corrected chi connectivity index (χ1v) is 5.57. The first kappa shape index (κ1) is 9.60. The summed E-state index contributed by atoms with van der Waals surface area (Å²) in [7, 11) is 0. The third kappa shape index (κ3) is 1.53. The van der Waals surface area contributed by atoms with Crippen LogP contribution in [0.1, 0.15) is 28.6 Å². The van der Waals surface area contributed by atoms with E-state index in [-0.39, 0.29) is 6.04 Å². The highest BCUT2D eigenvalue weighted by molar-refractivity contribution is 5.32. The lowest BCUT2D eigenvalue weighted by Gasteiger charge is -2.22. The van der Waals surface area contributed by atoms with Gasteiger partial charge >= 0.3 is 0 Å². The minimum absolute atomic E-state index is 0.183. The molecule has 0 amide bonds. The lowest BCUT2D eigenvalue weighted by molar-refractivity contribution is 0.453. The predicted molar refractivity (Wildman–Crippen MR) is 61.2 cm³/mol. The standard InChI is InChI=1S/C13H14N2O/c1-9-2-3-11(15-8-9)13-10-5-7-16-12(10)4-6-14-13/h2-3,5,7-8,13-14H,4,6H2,1H3. The molecule has 3 heteroatoms. The smallest absolute Gasteiger partial charge is 0.110 e. The molecule has 3 nitrogen and oxygen atoms in total.